The Kier molecular flexibility index (Phi) is 6.44. The van der Waals surface area contributed by atoms with E-state index in [9.17, 15) is 29.4 Å². The van der Waals surface area contributed by atoms with Gasteiger partial charge in [-0.25, -0.2) is 0 Å². The zero-order valence-electron chi connectivity index (χ0n) is 16.1. The van der Waals surface area contributed by atoms with Gasteiger partial charge in [-0.1, -0.05) is 0 Å². The number of hydrogen-bond acceptors (Lipinski definition) is 6. The third kappa shape index (κ3) is 6.00. The molecule has 1 fully saturated rings. The van der Waals surface area contributed by atoms with Crippen molar-refractivity contribution in [3.05, 3.63) is 0 Å². The Morgan fingerprint density at radius 3 is 1.15 bits per heavy atom. The Bertz CT molecular complexity index is 531. The van der Waals surface area contributed by atoms with Crippen molar-refractivity contribution in [2.24, 2.45) is 23.7 Å². The van der Waals surface area contributed by atoms with E-state index in [2.05, 4.69) is 0 Å². The molecule has 1 aliphatic carbocycles. The number of carbonyl (C=O) groups excluding carboxylic acids is 2. The quantitative estimate of drug-likeness (QED) is 0.718. The first-order valence-electron chi connectivity index (χ1n) is 8.53. The third-order valence-electron chi connectivity index (χ3n) is 4.04. The molecule has 0 aromatic carbocycles. The molecule has 2 N–H and O–H groups in total. The Morgan fingerprint density at radius 1 is 0.654 bits per heavy atom. The molecule has 148 valence electrons. The van der Waals surface area contributed by atoms with E-state index in [-0.39, 0.29) is 12.8 Å². The van der Waals surface area contributed by atoms with E-state index in [1.165, 1.54) is 0 Å². The highest BCUT2D eigenvalue weighted by Gasteiger charge is 2.51. The van der Waals surface area contributed by atoms with Crippen LogP contribution in [-0.2, 0) is 28.7 Å². The van der Waals surface area contributed by atoms with Gasteiger partial charge in [0.15, 0.2) is 0 Å². The van der Waals surface area contributed by atoms with Gasteiger partial charge in [0.2, 0.25) is 0 Å². The highest BCUT2D eigenvalue weighted by molar-refractivity contribution is 5.87. The van der Waals surface area contributed by atoms with Crippen molar-refractivity contribution >= 4 is 23.9 Å². The summed E-state index contributed by atoms with van der Waals surface area (Å²) in [6.45, 7) is 9.89. The average molecular weight is 372 g/mol. The minimum Gasteiger partial charge on any atom is -0.481 e. The van der Waals surface area contributed by atoms with Crippen LogP contribution in [0.25, 0.3) is 0 Å². The van der Waals surface area contributed by atoms with Gasteiger partial charge < -0.3 is 19.7 Å². The maximum Gasteiger partial charge on any atom is 0.310 e. The second-order valence-electron chi connectivity index (χ2n) is 8.64. The summed E-state index contributed by atoms with van der Waals surface area (Å²) in [5.41, 5.74) is -1.66. The van der Waals surface area contributed by atoms with Gasteiger partial charge in [-0.05, 0) is 54.4 Å². The number of carbonyl (C=O) groups is 4. The summed E-state index contributed by atoms with van der Waals surface area (Å²) in [6, 6.07) is 0. The molecule has 1 aliphatic rings. The first-order chi connectivity index (χ1) is 11.6. The van der Waals surface area contributed by atoms with E-state index >= 15 is 0 Å². The van der Waals surface area contributed by atoms with Crippen LogP contribution >= 0.6 is 0 Å². The molecule has 0 aromatic rings. The molecule has 0 aromatic heterocycles. The highest BCUT2D eigenvalue weighted by Crippen LogP contribution is 2.41. The van der Waals surface area contributed by atoms with E-state index in [0.717, 1.165) is 0 Å². The second-order valence-corrected chi connectivity index (χ2v) is 8.64. The maximum absolute atomic E-state index is 12.5. The van der Waals surface area contributed by atoms with Gasteiger partial charge in [0.1, 0.15) is 11.2 Å². The number of aliphatic carboxylic acids is 2. The van der Waals surface area contributed by atoms with Crippen LogP contribution < -0.4 is 0 Å². The SMILES string of the molecule is CC(C)(C)OC(=O)C1CC(C(=O)OC(C)(C)C)C(C(=O)O)CC1C(=O)O. The van der Waals surface area contributed by atoms with E-state index in [0.29, 0.717) is 0 Å². The molecule has 0 spiro atoms. The van der Waals surface area contributed by atoms with Crippen LogP contribution in [0.3, 0.4) is 0 Å². The lowest BCUT2D eigenvalue weighted by Gasteiger charge is -2.37. The van der Waals surface area contributed by atoms with Crippen LogP contribution in [0.5, 0.6) is 0 Å². The average Bonchev–Trinajstić information content (AvgIpc) is 2.41. The number of carboxylic acids is 2. The first-order valence-corrected chi connectivity index (χ1v) is 8.53. The lowest BCUT2D eigenvalue weighted by atomic mass is 9.68. The Balaban J connectivity index is 3.17. The number of hydrogen-bond donors (Lipinski definition) is 2. The molecular weight excluding hydrogens is 344 g/mol. The zero-order chi connectivity index (χ0) is 20.4. The summed E-state index contributed by atoms with van der Waals surface area (Å²) in [7, 11) is 0. The summed E-state index contributed by atoms with van der Waals surface area (Å²) in [5.74, 6) is -8.75. The van der Waals surface area contributed by atoms with Crippen LogP contribution in [0.2, 0.25) is 0 Å². The van der Waals surface area contributed by atoms with Crippen LogP contribution in [-0.4, -0.2) is 45.3 Å². The van der Waals surface area contributed by atoms with E-state index in [1.54, 1.807) is 41.5 Å². The summed E-state index contributed by atoms with van der Waals surface area (Å²) >= 11 is 0. The number of rotatable bonds is 4. The molecule has 8 heteroatoms. The molecule has 1 saturated carbocycles. The van der Waals surface area contributed by atoms with Crippen molar-refractivity contribution in [2.45, 2.75) is 65.6 Å². The van der Waals surface area contributed by atoms with Gasteiger partial charge in [-0.15, -0.1) is 0 Å². The van der Waals surface area contributed by atoms with E-state index < -0.39 is 58.8 Å². The summed E-state index contributed by atoms with van der Waals surface area (Å²) < 4.78 is 10.6. The lowest BCUT2D eigenvalue weighted by Crippen LogP contribution is -2.47. The minimum absolute atomic E-state index is 0.238. The molecule has 4 atom stereocenters. The monoisotopic (exact) mass is 372 g/mol. The summed E-state index contributed by atoms with van der Waals surface area (Å²) in [6.07, 6.45) is -0.573. The highest BCUT2D eigenvalue weighted by atomic mass is 16.6. The molecule has 0 aliphatic heterocycles. The minimum atomic E-state index is -1.28. The molecule has 0 radical (unpaired) electrons. The molecule has 0 amide bonds. The molecule has 8 nitrogen and oxygen atoms in total. The Labute approximate surface area is 152 Å². The van der Waals surface area contributed by atoms with Gasteiger partial charge in [0.05, 0.1) is 23.7 Å². The molecule has 0 bridgehead atoms. The molecule has 0 saturated heterocycles. The number of carboxylic acid groups (broad SMARTS) is 2. The number of esters is 2. The molecule has 1 rings (SSSR count). The van der Waals surface area contributed by atoms with E-state index in [1.807, 2.05) is 0 Å². The van der Waals surface area contributed by atoms with Gasteiger partial charge in [0, 0.05) is 0 Å². The standard InChI is InChI=1S/C18H28O8/c1-17(2,3)25-15(23)11-8-12(16(24)26-18(4,5)6)10(14(21)22)7-9(11)13(19)20/h9-12H,7-8H2,1-6H3,(H,19,20)(H,21,22). The summed E-state index contributed by atoms with van der Waals surface area (Å²) in [4.78, 5) is 48.1. The topological polar surface area (TPSA) is 127 Å². The first kappa shape index (κ1) is 21.9. The van der Waals surface area contributed by atoms with Crippen molar-refractivity contribution in [3.8, 4) is 0 Å². The molecular formula is C18H28O8. The van der Waals surface area contributed by atoms with Crippen molar-refractivity contribution < 1.29 is 38.9 Å². The van der Waals surface area contributed by atoms with E-state index in [4.69, 9.17) is 9.47 Å². The largest absolute Gasteiger partial charge is 0.481 e. The fourth-order valence-electron chi connectivity index (χ4n) is 3.03. The van der Waals surface area contributed by atoms with Gasteiger partial charge in [0.25, 0.3) is 0 Å². The fourth-order valence-corrected chi connectivity index (χ4v) is 3.03. The van der Waals surface area contributed by atoms with Crippen LogP contribution in [0.15, 0.2) is 0 Å². The fraction of sp³-hybridized carbons (Fsp3) is 0.778. The van der Waals surface area contributed by atoms with Crippen molar-refractivity contribution in [3.63, 3.8) is 0 Å². The molecule has 26 heavy (non-hydrogen) atoms. The van der Waals surface area contributed by atoms with Gasteiger partial charge in [-0.2, -0.15) is 0 Å². The zero-order valence-corrected chi connectivity index (χ0v) is 16.1. The van der Waals surface area contributed by atoms with Crippen molar-refractivity contribution in [1.29, 1.82) is 0 Å². The van der Waals surface area contributed by atoms with Crippen LogP contribution in [0.1, 0.15) is 54.4 Å². The maximum atomic E-state index is 12.5. The lowest BCUT2D eigenvalue weighted by molar-refractivity contribution is -0.180. The second kappa shape index (κ2) is 7.63. The number of ether oxygens (including phenoxy) is 2. The normalized spacial score (nSPS) is 26.7. The van der Waals surface area contributed by atoms with Crippen molar-refractivity contribution in [1.82, 2.24) is 0 Å². The van der Waals surface area contributed by atoms with Crippen LogP contribution in [0, 0.1) is 23.7 Å². The smallest absolute Gasteiger partial charge is 0.310 e. The van der Waals surface area contributed by atoms with Crippen molar-refractivity contribution in [2.75, 3.05) is 0 Å². The third-order valence-corrected chi connectivity index (χ3v) is 4.04. The predicted molar refractivity (Wildman–Crippen MR) is 90.2 cm³/mol. The molecule has 0 heterocycles. The van der Waals surface area contributed by atoms with Gasteiger partial charge in [-0.3, -0.25) is 19.2 Å². The van der Waals surface area contributed by atoms with Gasteiger partial charge >= 0.3 is 23.9 Å². The predicted octanol–water partition coefficient (Wildman–Crippen LogP) is 2.10. The van der Waals surface area contributed by atoms with Crippen LogP contribution in [0.4, 0.5) is 0 Å². The summed E-state index contributed by atoms with van der Waals surface area (Å²) in [5, 5.41) is 18.9. The Morgan fingerprint density at radius 2 is 0.923 bits per heavy atom. The Hall–Kier alpha value is -2.12. The molecule has 4 unspecified atom stereocenters.